The maximum atomic E-state index is 13.2. The van der Waals surface area contributed by atoms with Crippen molar-refractivity contribution in [1.29, 1.82) is 0 Å². The van der Waals surface area contributed by atoms with Gasteiger partial charge in [0.15, 0.2) is 0 Å². The molecule has 0 unspecified atom stereocenters. The summed E-state index contributed by atoms with van der Waals surface area (Å²) in [7, 11) is 1.72. The lowest BCUT2D eigenvalue weighted by Gasteiger charge is -2.18. The van der Waals surface area contributed by atoms with Crippen molar-refractivity contribution in [2.75, 3.05) is 18.2 Å². The SMILES string of the molecule is CSc1ccc(Cl)c(N=C(N)N(C)c2cccc(F)c2)c1. The number of guanidine groups is 1. The zero-order chi connectivity index (χ0) is 15.4. The number of halogens is 2. The quantitative estimate of drug-likeness (QED) is 0.520. The monoisotopic (exact) mass is 323 g/mol. The molecule has 0 atom stereocenters. The van der Waals surface area contributed by atoms with Gasteiger partial charge >= 0.3 is 0 Å². The minimum Gasteiger partial charge on any atom is -0.369 e. The van der Waals surface area contributed by atoms with E-state index in [0.29, 0.717) is 16.4 Å². The molecule has 0 spiro atoms. The number of hydrogen-bond acceptors (Lipinski definition) is 2. The van der Waals surface area contributed by atoms with Gasteiger partial charge in [-0.3, -0.25) is 0 Å². The highest BCUT2D eigenvalue weighted by molar-refractivity contribution is 7.98. The Bertz CT molecular complexity index is 676. The van der Waals surface area contributed by atoms with E-state index < -0.39 is 0 Å². The van der Waals surface area contributed by atoms with Gasteiger partial charge in [-0.25, -0.2) is 9.38 Å². The number of aliphatic imine (C=N–C) groups is 1. The Morgan fingerprint density at radius 1 is 1.29 bits per heavy atom. The topological polar surface area (TPSA) is 41.6 Å². The molecule has 0 aliphatic rings. The molecule has 0 aromatic heterocycles. The lowest BCUT2D eigenvalue weighted by Crippen LogP contribution is -2.33. The van der Waals surface area contributed by atoms with E-state index in [1.54, 1.807) is 41.9 Å². The fraction of sp³-hybridized carbons (Fsp3) is 0.133. The molecule has 2 rings (SSSR count). The molecular weight excluding hydrogens is 309 g/mol. The van der Waals surface area contributed by atoms with E-state index in [0.717, 1.165) is 4.90 Å². The van der Waals surface area contributed by atoms with Crippen LogP contribution in [0.15, 0.2) is 52.4 Å². The summed E-state index contributed by atoms with van der Waals surface area (Å²) in [5.41, 5.74) is 7.19. The average molecular weight is 324 g/mol. The first-order valence-corrected chi connectivity index (χ1v) is 7.78. The number of thioether (sulfide) groups is 1. The van der Waals surface area contributed by atoms with Crippen LogP contribution in [0.3, 0.4) is 0 Å². The van der Waals surface area contributed by atoms with E-state index >= 15 is 0 Å². The second-order valence-electron chi connectivity index (χ2n) is 4.33. The number of rotatable bonds is 3. The van der Waals surface area contributed by atoms with Crippen LogP contribution in [0.2, 0.25) is 5.02 Å². The van der Waals surface area contributed by atoms with Gasteiger partial charge in [-0.1, -0.05) is 17.7 Å². The molecule has 0 saturated heterocycles. The Labute approximate surface area is 132 Å². The summed E-state index contributed by atoms with van der Waals surface area (Å²) < 4.78 is 13.2. The molecule has 0 radical (unpaired) electrons. The normalized spacial score (nSPS) is 11.5. The van der Waals surface area contributed by atoms with Crippen molar-refractivity contribution >= 4 is 40.7 Å². The number of hydrogen-bond donors (Lipinski definition) is 1. The number of benzene rings is 2. The van der Waals surface area contributed by atoms with Gasteiger partial charge < -0.3 is 10.6 Å². The fourth-order valence-electron chi connectivity index (χ4n) is 1.72. The Kier molecular flexibility index (Phi) is 5.09. The van der Waals surface area contributed by atoms with Crippen LogP contribution in [0.1, 0.15) is 0 Å². The Hall–Kier alpha value is -1.72. The van der Waals surface area contributed by atoms with Crippen LogP contribution in [0.5, 0.6) is 0 Å². The van der Waals surface area contributed by atoms with E-state index in [9.17, 15) is 4.39 Å². The molecule has 0 saturated carbocycles. The van der Waals surface area contributed by atoms with Crippen LogP contribution in [0, 0.1) is 5.82 Å². The van der Waals surface area contributed by atoms with Gasteiger partial charge in [0.2, 0.25) is 5.96 Å². The number of anilines is 1. The molecule has 0 fully saturated rings. The Morgan fingerprint density at radius 3 is 2.71 bits per heavy atom. The van der Waals surface area contributed by atoms with Crippen molar-refractivity contribution in [3.63, 3.8) is 0 Å². The summed E-state index contributed by atoms with van der Waals surface area (Å²) >= 11 is 7.72. The summed E-state index contributed by atoms with van der Waals surface area (Å²) in [5, 5.41) is 0.517. The first-order valence-electron chi connectivity index (χ1n) is 6.18. The average Bonchev–Trinajstić information content (AvgIpc) is 2.48. The second-order valence-corrected chi connectivity index (χ2v) is 5.61. The summed E-state index contributed by atoms with van der Waals surface area (Å²) in [6, 6.07) is 11.7. The molecule has 0 aliphatic heterocycles. The van der Waals surface area contributed by atoms with Gasteiger partial charge in [-0.05, 0) is 42.7 Å². The van der Waals surface area contributed by atoms with Gasteiger partial charge in [-0.2, -0.15) is 0 Å². The van der Waals surface area contributed by atoms with Gasteiger partial charge in [0.1, 0.15) is 5.82 Å². The molecule has 2 aromatic rings. The van der Waals surface area contributed by atoms with Crippen molar-refractivity contribution in [1.82, 2.24) is 0 Å². The third-order valence-electron chi connectivity index (χ3n) is 2.93. The molecule has 21 heavy (non-hydrogen) atoms. The second kappa shape index (κ2) is 6.83. The van der Waals surface area contributed by atoms with Gasteiger partial charge in [0.05, 0.1) is 10.7 Å². The molecule has 6 heteroatoms. The summed E-state index contributed by atoms with van der Waals surface area (Å²) in [6.07, 6.45) is 1.97. The first-order chi connectivity index (χ1) is 10.0. The van der Waals surface area contributed by atoms with Gasteiger partial charge in [0.25, 0.3) is 0 Å². The van der Waals surface area contributed by atoms with Crippen LogP contribution < -0.4 is 10.6 Å². The zero-order valence-corrected chi connectivity index (χ0v) is 13.2. The zero-order valence-electron chi connectivity index (χ0n) is 11.7. The molecule has 0 amide bonds. The highest BCUT2D eigenvalue weighted by Gasteiger charge is 2.08. The van der Waals surface area contributed by atoms with E-state index in [1.807, 2.05) is 18.4 Å². The summed E-state index contributed by atoms with van der Waals surface area (Å²) in [6.45, 7) is 0. The fourth-order valence-corrected chi connectivity index (χ4v) is 2.31. The third kappa shape index (κ3) is 3.89. The van der Waals surface area contributed by atoms with E-state index in [1.165, 1.54) is 12.1 Å². The lowest BCUT2D eigenvalue weighted by atomic mass is 10.3. The minimum atomic E-state index is -0.324. The maximum Gasteiger partial charge on any atom is 0.200 e. The van der Waals surface area contributed by atoms with Gasteiger partial charge in [0, 0.05) is 17.6 Å². The predicted octanol–water partition coefficient (Wildman–Crippen LogP) is 4.28. The first kappa shape index (κ1) is 15.7. The van der Waals surface area contributed by atoms with E-state index in [-0.39, 0.29) is 11.8 Å². The molecule has 0 heterocycles. The smallest absolute Gasteiger partial charge is 0.200 e. The van der Waals surface area contributed by atoms with Crippen LogP contribution in [-0.2, 0) is 0 Å². The third-order valence-corrected chi connectivity index (χ3v) is 3.97. The summed E-state index contributed by atoms with van der Waals surface area (Å²) in [4.78, 5) is 6.97. The van der Waals surface area contributed by atoms with Crippen molar-refractivity contribution in [3.05, 3.63) is 53.3 Å². The largest absolute Gasteiger partial charge is 0.369 e. The Balaban J connectivity index is 2.32. The van der Waals surface area contributed by atoms with Crippen molar-refractivity contribution < 1.29 is 4.39 Å². The van der Waals surface area contributed by atoms with Crippen molar-refractivity contribution in [2.24, 2.45) is 10.7 Å². The molecule has 110 valence electrons. The van der Waals surface area contributed by atoms with E-state index in [2.05, 4.69) is 4.99 Å². The molecule has 0 aliphatic carbocycles. The Morgan fingerprint density at radius 2 is 2.05 bits per heavy atom. The highest BCUT2D eigenvalue weighted by atomic mass is 35.5. The van der Waals surface area contributed by atoms with Crippen LogP contribution in [0.4, 0.5) is 15.8 Å². The lowest BCUT2D eigenvalue weighted by molar-refractivity contribution is 0.628. The highest BCUT2D eigenvalue weighted by Crippen LogP contribution is 2.29. The molecule has 2 aromatic carbocycles. The molecule has 3 nitrogen and oxygen atoms in total. The number of nitrogens with two attached hydrogens (primary N) is 1. The van der Waals surface area contributed by atoms with Crippen LogP contribution >= 0.6 is 23.4 Å². The van der Waals surface area contributed by atoms with Crippen LogP contribution in [-0.4, -0.2) is 19.3 Å². The molecule has 2 N–H and O–H groups in total. The standard InChI is InChI=1S/C15H15ClFN3S/c1-20(11-5-3-4-10(17)8-11)15(18)19-14-9-12(21-2)6-7-13(14)16/h3-9H,1-2H3,(H2,18,19). The minimum absolute atomic E-state index is 0.237. The van der Waals surface area contributed by atoms with Crippen molar-refractivity contribution in [2.45, 2.75) is 4.90 Å². The van der Waals surface area contributed by atoms with Crippen LogP contribution in [0.25, 0.3) is 0 Å². The predicted molar refractivity (Wildman–Crippen MR) is 89.3 cm³/mol. The van der Waals surface area contributed by atoms with E-state index in [4.69, 9.17) is 17.3 Å². The molecular formula is C15H15ClFN3S. The van der Waals surface area contributed by atoms with Crippen molar-refractivity contribution in [3.8, 4) is 0 Å². The maximum absolute atomic E-state index is 13.2. The number of nitrogens with zero attached hydrogens (tertiary/aromatic N) is 2. The molecule has 0 bridgehead atoms. The van der Waals surface area contributed by atoms with Gasteiger partial charge in [-0.15, -0.1) is 11.8 Å². The summed E-state index contributed by atoms with van der Waals surface area (Å²) in [5.74, 6) is -0.0877.